The second kappa shape index (κ2) is 7.71. The molecule has 1 aliphatic rings. The summed E-state index contributed by atoms with van der Waals surface area (Å²) in [7, 11) is 2.17. The number of rotatable bonds is 6. The molecule has 0 amide bonds. The number of anilines is 1. The van der Waals surface area contributed by atoms with Crippen LogP contribution in [0, 0.1) is 5.82 Å². The van der Waals surface area contributed by atoms with Crippen molar-refractivity contribution in [3.8, 4) is 0 Å². The van der Waals surface area contributed by atoms with Gasteiger partial charge in [0.1, 0.15) is 11.6 Å². The van der Waals surface area contributed by atoms with Crippen LogP contribution in [0.15, 0.2) is 12.3 Å². The molecule has 21 heavy (non-hydrogen) atoms. The van der Waals surface area contributed by atoms with E-state index in [1.807, 2.05) is 0 Å². The van der Waals surface area contributed by atoms with Crippen molar-refractivity contribution in [1.29, 1.82) is 0 Å². The maximum absolute atomic E-state index is 13.5. The van der Waals surface area contributed by atoms with E-state index in [9.17, 15) is 4.39 Å². The number of pyridine rings is 1. The monoisotopic (exact) mass is 294 g/mol. The Labute approximate surface area is 127 Å². The summed E-state index contributed by atoms with van der Waals surface area (Å²) in [6, 6.07) is 2.16. The largest absolute Gasteiger partial charge is 0.353 e. The molecule has 118 valence electrons. The molecule has 4 nitrogen and oxygen atoms in total. The summed E-state index contributed by atoms with van der Waals surface area (Å²) < 4.78 is 13.5. The van der Waals surface area contributed by atoms with Crippen molar-refractivity contribution in [2.24, 2.45) is 0 Å². The van der Waals surface area contributed by atoms with E-state index >= 15 is 0 Å². The fraction of sp³-hybridized carbons (Fsp3) is 0.688. The quantitative estimate of drug-likeness (QED) is 0.816. The Morgan fingerprint density at radius 1 is 1.38 bits per heavy atom. The number of hydrogen-bond acceptors (Lipinski definition) is 4. The van der Waals surface area contributed by atoms with Crippen molar-refractivity contribution < 1.29 is 4.39 Å². The molecule has 1 unspecified atom stereocenters. The van der Waals surface area contributed by atoms with E-state index in [4.69, 9.17) is 0 Å². The number of piperazine rings is 1. The van der Waals surface area contributed by atoms with Crippen LogP contribution in [-0.4, -0.2) is 49.2 Å². The lowest BCUT2D eigenvalue weighted by Gasteiger charge is -2.40. The zero-order chi connectivity index (χ0) is 15.2. The smallest absolute Gasteiger partial charge is 0.141 e. The van der Waals surface area contributed by atoms with Crippen LogP contribution in [0.5, 0.6) is 0 Å². The van der Waals surface area contributed by atoms with Crippen molar-refractivity contribution in [2.75, 3.05) is 38.1 Å². The van der Waals surface area contributed by atoms with Gasteiger partial charge < -0.3 is 10.2 Å². The Hall–Kier alpha value is -1.20. The molecule has 5 heteroatoms. The predicted molar refractivity (Wildman–Crippen MR) is 85.1 cm³/mol. The minimum absolute atomic E-state index is 0.256. The standard InChI is InChI=1S/C16H27FN4/c1-4-6-18-10-13-9-14(17)11-19-16(13)21-8-7-20(3)15(5-2)12-21/h9,11,15,18H,4-8,10,12H2,1-3H3. The van der Waals surface area contributed by atoms with Crippen LogP contribution in [0.3, 0.4) is 0 Å². The average Bonchev–Trinajstić information content (AvgIpc) is 2.48. The third-order valence-electron chi connectivity index (χ3n) is 4.20. The number of nitrogens with one attached hydrogen (secondary N) is 1. The van der Waals surface area contributed by atoms with Crippen LogP contribution in [0.1, 0.15) is 32.3 Å². The summed E-state index contributed by atoms with van der Waals surface area (Å²) in [4.78, 5) is 9.07. The maximum atomic E-state index is 13.5. The third kappa shape index (κ3) is 4.14. The molecule has 1 N–H and O–H groups in total. The van der Waals surface area contributed by atoms with Gasteiger partial charge in [-0.3, -0.25) is 4.90 Å². The first kappa shape index (κ1) is 16.2. The van der Waals surface area contributed by atoms with E-state index in [0.29, 0.717) is 12.6 Å². The lowest BCUT2D eigenvalue weighted by molar-refractivity contribution is 0.212. The molecule has 0 spiro atoms. The van der Waals surface area contributed by atoms with Crippen molar-refractivity contribution >= 4 is 5.82 Å². The molecule has 1 aromatic rings. The van der Waals surface area contributed by atoms with E-state index in [0.717, 1.165) is 50.4 Å². The molecule has 2 rings (SSSR count). The normalized spacial score (nSPS) is 20.0. The summed E-state index contributed by atoms with van der Waals surface area (Å²) in [6.07, 6.45) is 3.53. The Morgan fingerprint density at radius 3 is 2.90 bits per heavy atom. The Kier molecular flexibility index (Phi) is 5.94. The van der Waals surface area contributed by atoms with Crippen LogP contribution in [0.25, 0.3) is 0 Å². The van der Waals surface area contributed by atoms with Gasteiger partial charge in [0.15, 0.2) is 0 Å². The van der Waals surface area contributed by atoms with Gasteiger partial charge >= 0.3 is 0 Å². The highest BCUT2D eigenvalue weighted by Crippen LogP contribution is 2.22. The SMILES string of the molecule is CCCNCc1cc(F)cnc1N1CCN(C)C(CC)C1. The van der Waals surface area contributed by atoms with Gasteiger partial charge in [0, 0.05) is 37.8 Å². The third-order valence-corrected chi connectivity index (χ3v) is 4.20. The van der Waals surface area contributed by atoms with Crippen molar-refractivity contribution in [2.45, 2.75) is 39.3 Å². The summed E-state index contributed by atoms with van der Waals surface area (Å²) >= 11 is 0. The molecule has 1 atom stereocenters. The average molecular weight is 294 g/mol. The number of hydrogen-bond donors (Lipinski definition) is 1. The summed E-state index contributed by atoms with van der Waals surface area (Å²) in [6.45, 7) is 8.90. The van der Waals surface area contributed by atoms with E-state index in [1.54, 1.807) is 6.07 Å². The van der Waals surface area contributed by atoms with Gasteiger partial charge in [0.2, 0.25) is 0 Å². The summed E-state index contributed by atoms with van der Waals surface area (Å²) in [5.74, 6) is 0.680. The van der Waals surface area contributed by atoms with Gasteiger partial charge in [-0.1, -0.05) is 13.8 Å². The maximum Gasteiger partial charge on any atom is 0.141 e. The molecule has 0 bridgehead atoms. The lowest BCUT2D eigenvalue weighted by Crippen LogP contribution is -2.51. The van der Waals surface area contributed by atoms with Gasteiger partial charge in [0.05, 0.1) is 6.20 Å². The van der Waals surface area contributed by atoms with Crippen LogP contribution in [0.4, 0.5) is 10.2 Å². The molecule has 0 saturated carbocycles. The van der Waals surface area contributed by atoms with Gasteiger partial charge in [-0.15, -0.1) is 0 Å². The predicted octanol–water partition coefficient (Wildman–Crippen LogP) is 2.25. The first-order chi connectivity index (χ1) is 10.2. The Morgan fingerprint density at radius 2 is 2.19 bits per heavy atom. The number of aromatic nitrogens is 1. The molecular weight excluding hydrogens is 267 g/mol. The van der Waals surface area contributed by atoms with E-state index in [2.05, 4.69) is 41.0 Å². The second-order valence-corrected chi connectivity index (χ2v) is 5.80. The fourth-order valence-electron chi connectivity index (χ4n) is 2.87. The first-order valence-electron chi connectivity index (χ1n) is 7.96. The Bertz CT molecular complexity index is 452. The molecule has 0 radical (unpaired) electrons. The molecule has 0 aliphatic carbocycles. The van der Waals surface area contributed by atoms with Crippen LogP contribution < -0.4 is 10.2 Å². The zero-order valence-corrected chi connectivity index (χ0v) is 13.4. The molecule has 1 aliphatic heterocycles. The van der Waals surface area contributed by atoms with Crippen LogP contribution in [0.2, 0.25) is 0 Å². The van der Waals surface area contributed by atoms with Crippen LogP contribution >= 0.6 is 0 Å². The van der Waals surface area contributed by atoms with Gasteiger partial charge in [-0.25, -0.2) is 9.37 Å². The van der Waals surface area contributed by atoms with Crippen molar-refractivity contribution in [3.05, 3.63) is 23.6 Å². The zero-order valence-electron chi connectivity index (χ0n) is 13.4. The highest BCUT2D eigenvalue weighted by Gasteiger charge is 2.25. The van der Waals surface area contributed by atoms with Crippen molar-refractivity contribution in [3.63, 3.8) is 0 Å². The molecule has 1 fully saturated rings. The van der Waals surface area contributed by atoms with E-state index < -0.39 is 0 Å². The lowest BCUT2D eigenvalue weighted by atomic mass is 10.1. The van der Waals surface area contributed by atoms with Gasteiger partial charge in [-0.2, -0.15) is 0 Å². The number of halogens is 1. The Balaban J connectivity index is 2.14. The van der Waals surface area contributed by atoms with E-state index in [-0.39, 0.29) is 5.82 Å². The minimum atomic E-state index is -0.256. The molecule has 2 heterocycles. The van der Waals surface area contributed by atoms with Gasteiger partial charge in [-0.05, 0) is 32.5 Å². The highest BCUT2D eigenvalue weighted by atomic mass is 19.1. The van der Waals surface area contributed by atoms with Crippen molar-refractivity contribution in [1.82, 2.24) is 15.2 Å². The number of likely N-dealkylation sites (N-methyl/N-ethyl adjacent to an activating group) is 1. The second-order valence-electron chi connectivity index (χ2n) is 5.80. The fourth-order valence-corrected chi connectivity index (χ4v) is 2.87. The molecule has 1 aromatic heterocycles. The van der Waals surface area contributed by atoms with Crippen LogP contribution in [-0.2, 0) is 6.54 Å². The van der Waals surface area contributed by atoms with E-state index in [1.165, 1.54) is 6.20 Å². The molecule has 1 saturated heterocycles. The summed E-state index contributed by atoms with van der Waals surface area (Å²) in [5, 5.41) is 3.35. The highest BCUT2D eigenvalue weighted by molar-refractivity contribution is 5.47. The minimum Gasteiger partial charge on any atom is -0.353 e. The molecular formula is C16H27FN4. The number of nitrogens with zero attached hydrogens (tertiary/aromatic N) is 3. The first-order valence-corrected chi connectivity index (χ1v) is 7.96. The topological polar surface area (TPSA) is 31.4 Å². The summed E-state index contributed by atoms with van der Waals surface area (Å²) in [5.41, 5.74) is 0.961. The molecule has 0 aromatic carbocycles. The van der Waals surface area contributed by atoms with Gasteiger partial charge in [0.25, 0.3) is 0 Å².